The average Bonchev–Trinajstić information content (AvgIpc) is 3.05. The van der Waals surface area contributed by atoms with E-state index in [1.807, 2.05) is 54.6 Å². The van der Waals surface area contributed by atoms with Gasteiger partial charge in [-0.3, -0.25) is 4.57 Å². The molecule has 0 fully saturated rings. The van der Waals surface area contributed by atoms with E-state index < -0.39 is 19.8 Å². The molecule has 0 spiro atoms. The minimum atomic E-state index is -2.89. The maximum atomic E-state index is 11.9. The molecule has 6 nitrogen and oxygen atoms in total. The summed E-state index contributed by atoms with van der Waals surface area (Å²) < 4.78 is 16.9. The highest BCUT2D eigenvalue weighted by Crippen LogP contribution is 2.40. The molecule has 2 aromatic carbocycles. The van der Waals surface area contributed by atoms with Crippen LogP contribution in [0.2, 0.25) is 0 Å². The zero-order valence-corrected chi connectivity index (χ0v) is 14.4. The van der Waals surface area contributed by atoms with Crippen molar-refractivity contribution >= 4 is 25.0 Å². The molecular weight excluding hydrogens is 339 g/mol. The Morgan fingerprint density at radius 2 is 1.88 bits per heavy atom. The van der Waals surface area contributed by atoms with Gasteiger partial charge in [0.05, 0.1) is 5.66 Å². The molecular formula is C18H19N2O4P. The second-order valence-corrected chi connectivity index (χ2v) is 7.00. The van der Waals surface area contributed by atoms with E-state index in [1.54, 1.807) is 6.20 Å². The van der Waals surface area contributed by atoms with Crippen LogP contribution in [0.5, 0.6) is 0 Å². The standard InChI is InChI=1S/C18H19N2O4P/c21-18(24-12-13-6-2-1-3-7-13)20-11-17(25(22)23)15-10-19-16-9-5-4-8-14(15)16/h1-10,17,19,25H,11-12H2,(H,20,21)(H,22,23). The van der Waals surface area contributed by atoms with E-state index in [0.717, 1.165) is 16.5 Å². The maximum absolute atomic E-state index is 11.9. The summed E-state index contributed by atoms with van der Waals surface area (Å²) in [5.41, 5.74) is 1.80. The number of ether oxygens (including phenoxy) is 1. The zero-order chi connectivity index (χ0) is 17.6. The fourth-order valence-corrected chi connectivity index (χ4v) is 3.45. The highest BCUT2D eigenvalue weighted by atomic mass is 31.1. The molecule has 2 atom stereocenters. The number of alkyl carbamates (subject to hydrolysis) is 1. The number of carbonyl (C=O) groups excluding carboxylic acids is 1. The lowest BCUT2D eigenvalue weighted by atomic mass is 10.1. The van der Waals surface area contributed by atoms with Gasteiger partial charge in [0.2, 0.25) is 0 Å². The van der Waals surface area contributed by atoms with Gasteiger partial charge < -0.3 is 19.9 Å². The van der Waals surface area contributed by atoms with Gasteiger partial charge in [-0.15, -0.1) is 0 Å². The third kappa shape index (κ3) is 4.29. The van der Waals surface area contributed by atoms with Crippen molar-refractivity contribution in [1.29, 1.82) is 0 Å². The fourth-order valence-electron chi connectivity index (χ4n) is 2.67. The van der Waals surface area contributed by atoms with E-state index in [9.17, 15) is 14.3 Å². The van der Waals surface area contributed by atoms with Crippen LogP contribution in [-0.2, 0) is 15.9 Å². The Labute approximate surface area is 145 Å². The molecule has 2 unspecified atom stereocenters. The highest BCUT2D eigenvalue weighted by molar-refractivity contribution is 7.38. The van der Waals surface area contributed by atoms with Crippen molar-refractivity contribution in [3.8, 4) is 0 Å². The van der Waals surface area contributed by atoms with Gasteiger partial charge in [0.15, 0.2) is 8.03 Å². The number of fused-ring (bicyclic) bond motifs is 1. The number of benzene rings is 2. The van der Waals surface area contributed by atoms with Crippen molar-refractivity contribution in [2.24, 2.45) is 0 Å². The average molecular weight is 358 g/mol. The van der Waals surface area contributed by atoms with Crippen molar-refractivity contribution in [3.63, 3.8) is 0 Å². The molecule has 3 N–H and O–H groups in total. The molecule has 0 bridgehead atoms. The Balaban J connectivity index is 1.63. The molecule has 3 rings (SSSR count). The number of nitrogens with one attached hydrogen (secondary N) is 2. The molecule has 1 aromatic heterocycles. The second kappa shape index (κ2) is 8.01. The van der Waals surface area contributed by atoms with Gasteiger partial charge >= 0.3 is 6.09 Å². The molecule has 0 aliphatic carbocycles. The Morgan fingerprint density at radius 3 is 2.64 bits per heavy atom. The Morgan fingerprint density at radius 1 is 1.16 bits per heavy atom. The number of rotatable bonds is 6. The monoisotopic (exact) mass is 358 g/mol. The van der Waals surface area contributed by atoms with Gasteiger partial charge in [-0.1, -0.05) is 48.5 Å². The van der Waals surface area contributed by atoms with Crippen molar-refractivity contribution in [2.75, 3.05) is 6.54 Å². The smallest absolute Gasteiger partial charge is 0.407 e. The highest BCUT2D eigenvalue weighted by Gasteiger charge is 2.21. The number of hydrogen-bond donors (Lipinski definition) is 3. The van der Waals surface area contributed by atoms with Gasteiger partial charge in [-0.05, 0) is 17.2 Å². The van der Waals surface area contributed by atoms with Crippen LogP contribution in [0, 0.1) is 0 Å². The van der Waals surface area contributed by atoms with Gasteiger partial charge in [-0.25, -0.2) is 4.79 Å². The molecule has 3 aromatic rings. The predicted octanol–water partition coefficient (Wildman–Crippen LogP) is 3.60. The third-order valence-electron chi connectivity index (χ3n) is 3.96. The second-order valence-electron chi connectivity index (χ2n) is 5.62. The quantitative estimate of drug-likeness (QED) is 0.587. The van der Waals surface area contributed by atoms with E-state index in [4.69, 9.17) is 4.74 Å². The SMILES string of the molecule is O=C(NCC(c1c[nH]c2ccccc12)[PH](=O)O)OCc1ccccc1. The molecule has 0 aliphatic heterocycles. The molecule has 0 aliphatic rings. The molecule has 7 heteroatoms. The van der Waals surface area contributed by atoms with Crippen LogP contribution in [0.4, 0.5) is 4.79 Å². The molecule has 0 radical (unpaired) electrons. The summed E-state index contributed by atoms with van der Waals surface area (Å²) in [6.07, 6.45) is 1.10. The lowest BCUT2D eigenvalue weighted by Gasteiger charge is -2.14. The minimum absolute atomic E-state index is 0.0315. The summed E-state index contributed by atoms with van der Waals surface area (Å²) in [7, 11) is -2.89. The molecule has 1 heterocycles. The van der Waals surface area contributed by atoms with Crippen LogP contribution in [0.3, 0.4) is 0 Å². The number of aromatic nitrogens is 1. The predicted molar refractivity (Wildman–Crippen MR) is 96.9 cm³/mol. The van der Waals surface area contributed by atoms with E-state index in [1.165, 1.54) is 0 Å². The maximum Gasteiger partial charge on any atom is 0.407 e. The van der Waals surface area contributed by atoms with Crippen LogP contribution < -0.4 is 5.32 Å². The summed E-state index contributed by atoms with van der Waals surface area (Å²) in [5, 5.41) is 3.45. The van der Waals surface area contributed by atoms with Crippen molar-refractivity contribution in [1.82, 2.24) is 10.3 Å². The molecule has 1 amide bonds. The number of carbonyl (C=O) groups is 1. The summed E-state index contributed by atoms with van der Waals surface area (Å²) in [5.74, 6) is 0. The van der Waals surface area contributed by atoms with Crippen molar-refractivity contribution in [3.05, 3.63) is 71.9 Å². The van der Waals surface area contributed by atoms with Crippen LogP contribution in [0.1, 0.15) is 16.8 Å². The van der Waals surface area contributed by atoms with Crippen LogP contribution in [0.25, 0.3) is 10.9 Å². The normalized spacial score (nSPS) is 13.3. The summed E-state index contributed by atoms with van der Waals surface area (Å²) >= 11 is 0. The molecule has 130 valence electrons. The number of hydrogen-bond acceptors (Lipinski definition) is 3. The molecule has 0 saturated carbocycles. The topological polar surface area (TPSA) is 91.4 Å². The van der Waals surface area contributed by atoms with E-state index >= 15 is 0 Å². The minimum Gasteiger partial charge on any atom is -0.445 e. The van der Waals surface area contributed by atoms with Crippen molar-refractivity contribution < 1.29 is 19.0 Å². The first-order chi connectivity index (χ1) is 12.1. The van der Waals surface area contributed by atoms with E-state index in [0.29, 0.717) is 5.56 Å². The first-order valence-corrected chi connectivity index (χ1v) is 9.32. The van der Waals surface area contributed by atoms with Gasteiger partial charge in [0.25, 0.3) is 0 Å². The fraction of sp³-hybridized carbons (Fsp3) is 0.167. The first kappa shape index (κ1) is 17.3. The van der Waals surface area contributed by atoms with Crippen molar-refractivity contribution in [2.45, 2.75) is 12.3 Å². The lowest BCUT2D eigenvalue weighted by molar-refractivity contribution is 0.139. The molecule has 0 saturated heterocycles. The number of H-pyrrole nitrogens is 1. The van der Waals surface area contributed by atoms with Gasteiger partial charge in [0, 0.05) is 23.6 Å². The van der Waals surface area contributed by atoms with Crippen LogP contribution >= 0.6 is 8.03 Å². The van der Waals surface area contributed by atoms with Gasteiger partial charge in [0.1, 0.15) is 6.61 Å². The summed E-state index contributed by atoms with van der Waals surface area (Å²) in [6.45, 7) is 0.183. The Bertz CT molecular complexity index is 879. The Hall–Kier alpha value is -2.56. The van der Waals surface area contributed by atoms with E-state index in [-0.39, 0.29) is 13.2 Å². The number of para-hydroxylation sites is 1. The van der Waals surface area contributed by atoms with Crippen LogP contribution in [-0.4, -0.2) is 22.5 Å². The first-order valence-electron chi connectivity index (χ1n) is 7.88. The Kier molecular flexibility index (Phi) is 5.53. The largest absolute Gasteiger partial charge is 0.445 e. The third-order valence-corrected chi connectivity index (χ3v) is 5.07. The molecule has 25 heavy (non-hydrogen) atoms. The summed E-state index contributed by atoms with van der Waals surface area (Å²) in [4.78, 5) is 24.6. The van der Waals surface area contributed by atoms with Gasteiger partial charge in [-0.2, -0.15) is 0 Å². The lowest BCUT2D eigenvalue weighted by Crippen LogP contribution is -2.28. The number of aromatic amines is 1. The van der Waals surface area contributed by atoms with Crippen LogP contribution in [0.15, 0.2) is 60.8 Å². The van der Waals surface area contributed by atoms with E-state index in [2.05, 4.69) is 10.3 Å². The number of amides is 1. The summed E-state index contributed by atoms with van der Waals surface area (Å²) in [6, 6.07) is 16.9. The zero-order valence-electron chi connectivity index (χ0n) is 13.4.